The van der Waals surface area contributed by atoms with Crippen LogP contribution in [0.3, 0.4) is 0 Å². The number of hydrogen-bond donors (Lipinski definition) is 1. The quantitative estimate of drug-likeness (QED) is 0.788. The van der Waals surface area contributed by atoms with Crippen molar-refractivity contribution in [1.29, 1.82) is 0 Å². The summed E-state index contributed by atoms with van der Waals surface area (Å²) < 4.78 is 1.63. The molecule has 0 radical (unpaired) electrons. The number of aromatic nitrogens is 3. The topological polar surface area (TPSA) is 59.8 Å². The van der Waals surface area contributed by atoms with Crippen molar-refractivity contribution in [3.05, 3.63) is 64.4 Å². The van der Waals surface area contributed by atoms with Crippen LogP contribution in [0, 0.1) is 6.92 Å². The number of rotatable bonds is 5. The van der Waals surface area contributed by atoms with Crippen LogP contribution >= 0.6 is 11.3 Å². The van der Waals surface area contributed by atoms with Crippen molar-refractivity contribution in [2.45, 2.75) is 13.3 Å². The summed E-state index contributed by atoms with van der Waals surface area (Å²) in [5.74, 6) is -0.0571. The van der Waals surface area contributed by atoms with Crippen LogP contribution in [0.25, 0.3) is 5.69 Å². The van der Waals surface area contributed by atoms with Crippen LogP contribution in [0.1, 0.15) is 21.1 Å². The Balaban J connectivity index is 1.63. The van der Waals surface area contributed by atoms with E-state index in [-0.39, 0.29) is 11.7 Å². The highest BCUT2D eigenvalue weighted by atomic mass is 32.1. The van der Waals surface area contributed by atoms with Gasteiger partial charge in [0.25, 0.3) is 5.91 Å². The van der Waals surface area contributed by atoms with Gasteiger partial charge in [-0.15, -0.1) is 16.4 Å². The maximum absolute atomic E-state index is 12.1. The predicted octanol–water partition coefficient (Wildman–Crippen LogP) is 2.61. The summed E-state index contributed by atoms with van der Waals surface area (Å²) in [5.41, 5.74) is 2.00. The first-order valence-corrected chi connectivity index (χ1v) is 7.90. The highest BCUT2D eigenvalue weighted by molar-refractivity contribution is 7.09. The van der Waals surface area contributed by atoms with Gasteiger partial charge in [0.05, 0.1) is 5.69 Å². The van der Waals surface area contributed by atoms with Crippen LogP contribution in [-0.2, 0) is 6.42 Å². The standard InChI is InChI=1S/C16H16N4OS/c1-12-5-2-3-7-14(12)20-11-18-15(19-20)16(21)17-9-8-13-6-4-10-22-13/h2-7,10-11H,8-9H2,1H3,(H,17,21). The summed E-state index contributed by atoms with van der Waals surface area (Å²) in [7, 11) is 0. The molecule has 22 heavy (non-hydrogen) atoms. The van der Waals surface area contributed by atoms with E-state index in [2.05, 4.69) is 21.5 Å². The van der Waals surface area contributed by atoms with Gasteiger partial charge in [-0.05, 0) is 36.4 Å². The van der Waals surface area contributed by atoms with E-state index in [4.69, 9.17) is 0 Å². The fraction of sp³-hybridized carbons (Fsp3) is 0.188. The molecular weight excluding hydrogens is 296 g/mol. The molecule has 0 saturated carbocycles. The summed E-state index contributed by atoms with van der Waals surface area (Å²) in [6, 6.07) is 11.9. The van der Waals surface area contributed by atoms with Crippen LogP contribution in [0.4, 0.5) is 0 Å². The van der Waals surface area contributed by atoms with Crippen molar-refractivity contribution in [2.24, 2.45) is 0 Å². The van der Waals surface area contributed by atoms with Gasteiger partial charge in [-0.1, -0.05) is 24.3 Å². The molecular formula is C16H16N4OS. The molecule has 1 N–H and O–H groups in total. The Hall–Kier alpha value is -2.47. The molecule has 3 aromatic rings. The fourth-order valence-electron chi connectivity index (χ4n) is 2.14. The fourth-order valence-corrected chi connectivity index (χ4v) is 2.85. The van der Waals surface area contributed by atoms with Gasteiger partial charge in [-0.25, -0.2) is 9.67 Å². The molecule has 5 nitrogen and oxygen atoms in total. The van der Waals surface area contributed by atoms with Crippen molar-refractivity contribution in [3.8, 4) is 5.69 Å². The van der Waals surface area contributed by atoms with E-state index in [1.807, 2.05) is 42.6 Å². The number of nitrogens with one attached hydrogen (secondary N) is 1. The average molecular weight is 312 g/mol. The van der Waals surface area contributed by atoms with Crippen LogP contribution in [-0.4, -0.2) is 27.2 Å². The van der Waals surface area contributed by atoms with Gasteiger partial charge >= 0.3 is 0 Å². The lowest BCUT2D eigenvalue weighted by atomic mass is 10.2. The Morgan fingerprint density at radius 3 is 2.91 bits per heavy atom. The maximum Gasteiger partial charge on any atom is 0.290 e. The Bertz CT molecular complexity index is 764. The van der Waals surface area contributed by atoms with Gasteiger partial charge in [0.2, 0.25) is 5.82 Å². The first kappa shape index (κ1) is 14.5. The minimum absolute atomic E-state index is 0.189. The molecule has 1 aromatic carbocycles. The third-order valence-electron chi connectivity index (χ3n) is 3.29. The normalized spacial score (nSPS) is 10.6. The molecule has 0 saturated heterocycles. The van der Waals surface area contributed by atoms with Crippen molar-refractivity contribution < 1.29 is 4.79 Å². The molecule has 6 heteroatoms. The second-order valence-corrected chi connectivity index (χ2v) is 5.92. The van der Waals surface area contributed by atoms with E-state index in [0.29, 0.717) is 6.54 Å². The van der Waals surface area contributed by atoms with Crippen molar-refractivity contribution in [2.75, 3.05) is 6.54 Å². The second kappa shape index (κ2) is 6.53. The minimum atomic E-state index is -0.246. The zero-order chi connectivity index (χ0) is 15.4. The number of carbonyl (C=O) groups is 1. The molecule has 0 unspecified atom stereocenters. The van der Waals surface area contributed by atoms with Gasteiger partial charge in [0, 0.05) is 11.4 Å². The van der Waals surface area contributed by atoms with Gasteiger partial charge in [-0.3, -0.25) is 4.79 Å². The van der Waals surface area contributed by atoms with Crippen LogP contribution < -0.4 is 5.32 Å². The third kappa shape index (κ3) is 3.23. The Labute approximate surface area is 132 Å². The highest BCUT2D eigenvalue weighted by Crippen LogP contribution is 2.11. The number of benzene rings is 1. The number of hydrogen-bond acceptors (Lipinski definition) is 4. The van der Waals surface area contributed by atoms with E-state index in [1.54, 1.807) is 22.3 Å². The van der Waals surface area contributed by atoms with E-state index in [1.165, 1.54) is 4.88 Å². The Morgan fingerprint density at radius 1 is 1.27 bits per heavy atom. The first-order valence-electron chi connectivity index (χ1n) is 7.02. The molecule has 0 aliphatic carbocycles. The van der Waals surface area contributed by atoms with Gasteiger partial charge in [-0.2, -0.15) is 0 Å². The summed E-state index contributed by atoms with van der Waals surface area (Å²) >= 11 is 1.69. The lowest BCUT2D eigenvalue weighted by Gasteiger charge is -2.03. The smallest absolute Gasteiger partial charge is 0.290 e. The number of nitrogens with zero attached hydrogens (tertiary/aromatic N) is 3. The molecule has 0 aliphatic heterocycles. The third-order valence-corrected chi connectivity index (χ3v) is 4.23. The summed E-state index contributed by atoms with van der Waals surface area (Å²) in [4.78, 5) is 17.4. The monoisotopic (exact) mass is 312 g/mol. The van der Waals surface area contributed by atoms with Crippen molar-refractivity contribution in [1.82, 2.24) is 20.1 Å². The highest BCUT2D eigenvalue weighted by Gasteiger charge is 2.12. The molecule has 112 valence electrons. The number of amides is 1. The van der Waals surface area contributed by atoms with E-state index in [0.717, 1.165) is 17.7 Å². The van der Waals surface area contributed by atoms with Crippen LogP contribution in [0.15, 0.2) is 48.1 Å². The average Bonchev–Trinajstić information content (AvgIpc) is 3.19. The number of thiophene rings is 1. The van der Waals surface area contributed by atoms with Gasteiger partial charge < -0.3 is 5.32 Å². The Kier molecular flexibility index (Phi) is 4.29. The first-order chi connectivity index (χ1) is 10.7. The maximum atomic E-state index is 12.1. The predicted molar refractivity (Wildman–Crippen MR) is 86.5 cm³/mol. The molecule has 1 amide bonds. The van der Waals surface area contributed by atoms with Gasteiger partial charge in [0.1, 0.15) is 6.33 Å². The number of carbonyl (C=O) groups excluding carboxylic acids is 1. The SMILES string of the molecule is Cc1ccccc1-n1cnc(C(=O)NCCc2cccs2)n1. The summed E-state index contributed by atoms with van der Waals surface area (Å²) in [6.07, 6.45) is 2.39. The lowest BCUT2D eigenvalue weighted by Crippen LogP contribution is -2.26. The van der Waals surface area contributed by atoms with Crippen molar-refractivity contribution in [3.63, 3.8) is 0 Å². The van der Waals surface area contributed by atoms with E-state index >= 15 is 0 Å². The molecule has 3 rings (SSSR count). The molecule has 0 spiro atoms. The van der Waals surface area contributed by atoms with Gasteiger partial charge in [0.15, 0.2) is 0 Å². The number of para-hydroxylation sites is 1. The molecule has 0 aliphatic rings. The van der Waals surface area contributed by atoms with Crippen LogP contribution in [0.5, 0.6) is 0 Å². The van der Waals surface area contributed by atoms with E-state index < -0.39 is 0 Å². The number of aryl methyl sites for hydroxylation is 1. The largest absolute Gasteiger partial charge is 0.349 e. The zero-order valence-corrected chi connectivity index (χ0v) is 13.0. The molecule has 0 atom stereocenters. The van der Waals surface area contributed by atoms with Crippen LogP contribution in [0.2, 0.25) is 0 Å². The molecule has 2 aromatic heterocycles. The van der Waals surface area contributed by atoms with E-state index in [9.17, 15) is 4.79 Å². The minimum Gasteiger partial charge on any atom is -0.349 e. The second-order valence-electron chi connectivity index (χ2n) is 4.88. The zero-order valence-electron chi connectivity index (χ0n) is 12.2. The lowest BCUT2D eigenvalue weighted by molar-refractivity contribution is 0.0944. The summed E-state index contributed by atoms with van der Waals surface area (Å²) in [6.45, 7) is 2.58. The molecule has 0 fully saturated rings. The van der Waals surface area contributed by atoms with Crippen molar-refractivity contribution >= 4 is 17.2 Å². The Morgan fingerprint density at radius 2 is 2.14 bits per heavy atom. The summed E-state index contributed by atoms with van der Waals surface area (Å²) in [5, 5.41) is 9.13. The molecule has 2 heterocycles. The molecule has 0 bridgehead atoms.